The van der Waals surface area contributed by atoms with Gasteiger partial charge < -0.3 is 10.6 Å². The van der Waals surface area contributed by atoms with Gasteiger partial charge in [0.1, 0.15) is 0 Å². The quantitative estimate of drug-likeness (QED) is 0.887. The number of thiophene rings is 1. The van der Waals surface area contributed by atoms with Crippen LogP contribution in [0.25, 0.3) is 0 Å². The van der Waals surface area contributed by atoms with Gasteiger partial charge in [-0.2, -0.15) is 0 Å². The molecule has 1 heterocycles. The third kappa shape index (κ3) is 4.08. The maximum Gasteiger partial charge on any atom is 0.0112 e. The van der Waals surface area contributed by atoms with Crippen molar-refractivity contribution in [1.29, 1.82) is 0 Å². The van der Waals surface area contributed by atoms with Crippen molar-refractivity contribution >= 4 is 11.3 Å². The van der Waals surface area contributed by atoms with Crippen molar-refractivity contribution < 1.29 is 0 Å². The lowest BCUT2D eigenvalue weighted by molar-refractivity contribution is 0.185. The first-order valence-electron chi connectivity index (χ1n) is 7.13. The first kappa shape index (κ1) is 14.0. The highest BCUT2D eigenvalue weighted by atomic mass is 32.1. The van der Waals surface area contributed by atoms with Gasteiger partial charge >= 0.3 is 0 Å². The van der Waals surface area contributed by atoms with Crippen LogP contribution in [0.1, 0.15) is 37.5 Å². The highest BCUT2D eigenvalue weighted by Gasteiger charge is 2.21. The Balaban J connectivity index is 1.75. The van der Waals surface area contributed by atoms with E-state index in [1.165, 1.54) is 43.5 Å². The fourth-order valence-corrected chi connectivity index (χ4v) is 3.66. The molecule has 1 unspecified atom stereocenters. The minimum atomic E-state index is 0.468. The van der Waals surface area contributed by atoms with E-state index in [0.29, 0.717) is 12.1 Å². The second kappa shape index (κ2) is 6.69. The van der Waals surface area contributed by atoms with Crippen molar-refractivity contribution in [3.05, 3.63) is 22.4 Å². The van der Waals surface area contributed by atoms with Gasteiger partial charge in [0.15, 0.2) is 0 Å². The second-order valence-electron chi connectivity index (χ2n) is 5.85. The van der Waals surface area contributed by atoms with Crippen LogP contribution in [-0.4, -0.2) is 30.6 Å². The maximum absolute atomic E-state index is 5.97. The number of rotatable bonds is 5. The molecular formula is C15H26N2S. The molecule has 0 saturated heterocycles. The Morgan fingerprint density at radius 1 is 1.39 bits per heavy atom. The van der Waals surface area contributed by atoms with Gasteiger partial charge in [0, 0.05) is 23.5 Å². The van der Waals surface area contributed by atoms with Gasteiger partial charge in [-0.3, -0.25) is 0 Å². The van der Waals surface area contributed by atoms with E-state index in [1.54, 1.807) is 0 Å². The smallest absolute Gasteiger partial charge is 0.0112 e. The lowest BCUT2D eigenvalue weighted by Gasteiger charge is -2.32. The number of nitrogens with zero attached hydrogens (tertiary/aromatic N) is 1. The molecular weight excluding hydrogens is 240 g/mol. The molecule has 2 rings (SSSR count). The molecule has 0 bridgehead atoms. The summed E-state index contributed by atoms with van der Waals surface area (Å²) in [5.74, 6) is 0.862. The van der Waals surface area contributed by atoms with Gasteiger partial charge in [0.2, 0.25) is 0 Å². The van der Waals surface area contributed by atoms with Crippen molar-refractivity contribution in [2.45, 2.75) is 51.1 Å². The van der Waals surface area contributed by atoms with Crippen LogP contribution >= 0.6 is 11.3 Å². The summed E-state index contributed by atoms with van der Waals surface area (Å²) >= 11 is 1.87. The largest absolute Gasteiger partial charge is 0.328 e. The SMILES string of the molecule is CC(Cc1cccs1)N(C)CC1CCC(N)CC1. The molecule has 1 saturated carbocycles. The second-order valence-corrected chi connectivity index (χ2v) is 6.89. The molecule has 0 radical (unpaired) electrons. The monoisotopic (exact) mass is 266 g/mol. The molecule has 3 heteroatoms. The molecule has 0 spiro atoms. The van der Waals surface area contributed by atoms with Crippen LogP contribution in [0.15, 0.2) is 17.5 Å². The standard InChI is InChI=1S/C15H26N2S/c1-12(10-15-4-3-9-18-15)17(2)11-13-5-7-14(16)8-6-13/h3-4,9,12-14H,5-8,10-11,16H2,1-2H3. The summed E-state index contributed by atoms with van der Waals surface area (Å²) in [6.07, 6.45) is 6.25. The van der Waals surface area contributed by atoms with E-state index >= 15 is 0 Å². The first-order valence-corrected chi connectivity index (χ1v) is 8.01. The average Bonchev–Trinajstić information content (AvgIpc) is 2.85. The summed E-state index contributed by atoms with van der Waals surface area (Å²) in [4.78, 5) is 4.03. The average molecular weight is 266 g/mol. The zero-order valence-corrected chi connectivity index (χ0v) is 12.5. The molecule has 0 aromatic carbocycles. The normalized spacial score (nSPS) is 26.4. The van der Waals surface area contributed by atoms with Gasteiger partial charge in [-0.1, -0.05) is 6.07 Å². The summed E-state index contributed by atoms with van der Waals surface area (Å²) in [5.41, 5.74) is 5.97. The van der Waals surface area contributed by atoms with Crippen LogP contribution in [0.4, 0.5) is 0 Å². The molecule has 1 atom stereocenters. The van der Waals surface area contributed by atoms with Crippen LogP contribution in [-0.2, 0) is 6.42 Å². The van der Waals surface area contributed by atoms with E-state index < -0.39 is 0 Å². The lowest BCUT2D eigenvalue weighted by atomic mass is 9.86. The zero-order chi connectivity index (χ0) is 13.0. The van der Waals surface area contributed by atoms with Crippen LogP contribution in [0.2, 0.25) is 0 Å². The Hall–Kier alpha value is -0.380. The minimum Gasteiger partial charge on any atom is -0.328 e. The number of hydrogen-bond donors (Lipinski definition) is 1. The zero-order valence-electron chi connectivity index (χ0n) is 11.6. The molecule has 1 aromatic heterocycles. The third-order valence-electron chi connectivity index (χ3n) is 4.27. The van der Waals surface area contributed by atoms with E-state index in [0.717, 1.165) is 5.92 Å². The van der Waals surface area contributed by atoms with Crippen LogP contribution in [0.3, 0.4) is 0 Å². The van der Waals surface area contributed by atoms with Crippen molar-refractivity contribution in [3.8, 4) is 0 Å². The van der Waals surface area contributed by atoms with Crippen molar-refractivity contribution in [3.63, 3.8) is 0 Å². The summed E-state index contributed by atoms with van der Waals surface area (Å²) in [5, 5.41) is 2.17. The van der Waals surface area contributed by atoms with Crippen molar-refractivity contribution in [2.24, 2.45) is 11.7 Å². The van der Waals surface area contributed by atoms with Crippen LogP contribution < -0.4 is 5.73 Å². The molecule has 1 aliphatic rings. The van der Waals surface area contributed by atoms with E-state index in [2.05, 4.69) is 36.4 Å². The minimum absolute atomic E-state index is 0.468. The Kier molecular flexibility index (Phi) is 5.22. The maximum atomic E-state index is 5.97. The van der Waals surface area contributed by atoms with Crippen LogP contribution in [0, 0.1) is 5.92 Å². The number of nitrogens with two attached hydrogens (primary N) is 1. The number of likely N-dealkylation sites (N-methyl/N-ethyl adjacent to an activating group) is 1. The Bertz CT molecular complexity index is 328. The van der Waals surface area contributed by atoms with Gasteiger partial charge in [-0.05, 0) is 63.4 Å². The highest BCUT2D eigenvalue weighted by molar-refractivity contribution is 7.09. The summed E-state index contributed by atoms with van der Waals surface area (Å²) in [7, 11) is 2.27. The van der Waals surface area contributed by atoms with E-state index in [-0.39, 0.29) is 0 Å². The van der Waals surface area contributed by atoms with E-state index in [4.69, 9.17) is 5.73 Å². The molecule has 2 N–H and O–H groups in total. The predicted molar refractivity (Wildman–Crippen MR) is 80.0 cm³/mol. The summed E-state index contributed by atoms with van der Waals surface area (Å²) in [6, 6.07) is 5.50. The Morgan fingerprint density at radius 3 is 2.72 bits per heavy atom. The molecule has 0 aliphatic heterocycles. The Labute approximate surface area is 115 Å². The molecule has 1 aromatic rings. The molecule has 1 aliphatic carbocycles. The molecule has 2 nitrogen and oxygen atoms in total. The topological polar surface area (TPSA) is 29.3 Å². The lowest BCUT2D eigenvalue weighted by Crippen LogP contribution is -2.37. The molecule has 0 amide bonds. The third-order valence-corrected chi connectivity index (χ3v) is 5.17. The summed E-state index contributed by atoms with van der Waals surface area (Å²) < 4.78 is 0. The van der Waals surface area contributed by atoms with Gasteiger partial charge in [0.25, 0.3) is 0 Å². The van der Waals surface area contributed by atoms with Gasteiger partial charge in [-0.15, -0.1) is 11.3 Å². The van der Waals surface area contributed by atoms with Gasteiger partial charge in [0.05, 0.1) is 0 Å². The fraction of sp³-hybridized carbons (Fsp3) is 0.733. The van der Waals surface area contributed by atoms with Crippen molar-refractivity contribution in [1.82, 2.24) is 4.90 Å². The first-order chi connectivity index (χ1) is 8.65. The summed E-state index contributed by atoms with van der Waals surface area (Å²) in [6.45, 7) is 3.58. The van der Waals surface area contributed by atoms with Gasteiger partial charge in [-0.25, -0.2) is 0 Å². The molecule has 1 fully saturated rings. The molecule has 18 heavy (non-hydrogen) atoms. The Morgan fingerprint density at radius 2 is 2.11 bits per heavy atom. The fourth-order valence-electron chi connectivity index (χ4n) is 2.83. The predicted octanol–water partition coefficient (Wildman–Crippen LogP) is 3.13. The molecule has 102 valence electrons. The van der Waals surface area contributed by atoms with Crippen molar-refractivity contribution in [2.75, 3.05) is 13.6 Å². The van der Waals surface area contributed by atoms with E-state index in [9.17, 15) is 0 Å². The van der Waals surface area contributed by atoms with E-state index in [1.807, 2.05) is 11.3 Å². The number of hydrogen-bond acceptors (Lipinski definition) is 3. The highest BCUT2D eigenvalue weighted by Crippen LogP contribution is 2.24. The van der Waals surface area contributed by atoms with Crippen LogP contribution in [0.5, 0.6) is 0 Å².